The summed E-state index contributed by atoms with van der Waals surface area (Å²) in [6.45, 7) is 0.364. The van der Waals surface area contributed by atoms with Crippen molar-refractivity contribution in [3.8, 4) is 0 Å². The summed E-state index contributed by atoms with van der Waals surface area (Å²) in [6.07, 6.45) is 3.66. The number of aliphatic hydroxyl groups excluding tert-OH is 1. The summed E-state index contributed by atoms with van der Waals surface area (Å²) in [6, 6.07) is 5.43. The van der Waals surface area contributed by atoms with Gasteiger partial charge in [-0.1, -0.05) is 11.6 Å². The van der Waals surface area contributed by atoms with E-state index in [0.29, 0.717) is 23.0 Å². The molecule has 0 saturated heterocycles. The van der Waals surface area contributed by atoms with Crippen LogP contribution in [0.2, 0.25) is 5.02 Å². The van der Waals surface area contributed by atoms with Crippen LogP contribution in [0.25, 0.3) is 0 Å². The lowest BCUT2D eigenvalue weighted by atomic mass is 10.1. The first-order chi connectivity index (χ1) is 9.02. The fraction of sp³-hybridized carbons (Fsp3) is 0.500. The van der Waals surface area contributed by atoms with Gasteiger partial charge in [0.15, 0.2) is 0 Å². The molecule has 3 nitrogen and oxygen atoms in total. The number of hydrogen-bond acceptors (Lipinski definition) is 3. The van der Waals surface area contributed by atoms with Crippen molar-refractivity contribution in [2.45, 2.75) is 23.8 Å². The van der Waals surface area contributed by atoms with Crippen LogP contribution in [0.1, 0.15) is 23.2 Å². The van der Waals surface area contributed by atoms with Gasteiger partial charge >= 0.3 is 0 Å². The highest BCUT2D eigenvalue weighted by Crippen LogP contribution is 2.33. The summed E-state index contributed by atoms with van der Waals surface area (Å²) in [7, 11) is 1.70. The van der Waals surface area contributed by atoms with Crippen LogP contribution in [0.5, 0.6) is 0 Å². The van der Waals surface area contributed by atoms with Gasteiger partial charge in [-0.3, -0.25) is 4.79 Å². The Balaban J connectivity index is 2.09. The van der Waals surface area contributed by atoms with Gasteiger partial charge in [0.2, 0.25) is 0 Å². The monoisotopic (exact) mass is 299 g/mol. The number of hydrogen-bond donors (Lipinski definition) is 1. The van der Waals surface area contributed by atoms with Crippen LogP contribution < -0.4 is 0 Å². The van der Waals surface area contributed by atoms with Gasteiger partial charge in [0.25, 0.3) is 5.91 Å². The van der Waals surface area contributed by atoms with E-state index in [9.17, 15) is 9.90 Å². The molecule has 1 fully saturated rings. The lowest BCUT2D eigenvalue weighted by Gasteiger charge is -2.21. The molecule has 0 aliphatic heterocycles. The number of halogens is 1. The van der Waals surface area contributed by atoms with Crippen LogP contribution in [0.3, 0.4) is 0 Å². The van der Waals surface area contributed by atoms with Crippen molar-refractivity contribution in [3.05, 3.63) is 28.8 Å². The number of thioether (sulfide) groups is 1. The van der Waals surface area contributed by atoms with E-state index in [1.54, 1.807) is 35.8 Å². The van der Waals surface area contributed by atoms with Crippen LogP contribution in [-0.2, 0) is 0 Å². The number of rotatable bonds is 5. The smallest absolute Gasteiger partial charge is 0.255 e. The number of nitrogens with zero attached hydrogens (tertiary/aromatic N) is 1. The molecule has 1 aromatic rings. The van der Waals surface area contributed by atoms with Gasteiger partial charge in [0.05, 0.1) is 16.7 Å². The minimum Gasteiger partial charge on any atom is -0.391 e. The Morgan fingerprint density at radius 2 is 2.26 bits per heavy atom. The summed E-state index contributed by atoms with van der Waals surface area (Å²) >= 11 is 7.66. The second-order valence-electron chi connectivity index (χ2n) is 4.94. The Hall–Kier alpha value is -0.710. The number of carbonyl (C=O) groups excluding carboxylic acids is 1. The third-order valence-electron chi connectivity index (χ3n) is 3.38. The average Bonchev–Trinajstić information content (AvgIpc) is 3.22. The van der Waals surface area contributed by atoms with E-state index < -0.39 is 6.10 Å². The van der Waals surface area contributed by atoms with E-state index in [0.717, 1.165) is 17.7 Å². The molecule has 0 heterocycles. The van der Waals surface area contributed by atoms with Crippen LogP contribution in [0.4, 0.5) is 0 Å². The number of benzene rings is 1. The maximum Gasteiger partial charge on any atom is 0.255 e. The highest BCUT2D eigenvalue weighted by molar-refractivity contribution is 7.98. The molecule has 1 atom stereocenters. The lowest BCUT2D eigenvalue weighted by molar-refractivity contribution is 0.0645. The molecule has 1 aromatic carbocycles. The predicted molar refractivity (Wildman–Crippen MR) is 78.9 cm³/mol. The molecule has 2 rings (SSSR count). The third kappa shape index (κ3) is 3.65. The summed E-state index contributed by atoms with van der Waals surface area (Å²) in [5.74, 6) is 0.226. The van der Waals surface area contributed by atoms with Crippen molar-refractivity contribution in [2.75, 3.05) is 19.8 Å². The molecular formula is C14H18ClNO2S. The Morgan fingerprint density at radius 1 is 1.58 bits per heavy atom. The Morgan fingerprint density at radius 3 is 2.84 bits per heavy atom. The molecule has 1 saturated carbocycles. The zero-order valence-electron chi connectivity index (χ0n) is 11.1. The molecule has 1 aliphatic carbocycles. The number of amides is 1. The van der Waals surface area contributed by atoms with E-state index in [4.69, 9.17) is 11.6 Å². The van der Waals surface area contributed by atoms with E-state index >= 15 is 0 Å². The minimum atomic E-state index is -0.420. The second-order valence-corrected chi connectivity index (χ2v) is 6.22. The van der Waals surface area contributed by atoms with Crippen molar-refractivity contribution < 1.29 is 9.90 Å². The van der Waals surface area contributed by atoms with Gasteiger partial charge in [0, 0.05) is 18.5 Å². The molecule has 0 radical (unpaired) electrons. The first-order valence-electron chi connectivity index (χ1n) is 6.30. The summed E-state index contributed by atoms with van der Waals surface area (Å²) in [5, 5.41) is 10.3. The summed E-state index contributed by atoms with van der Waals surface area (Å²) in [4.78, 5) is 14.9. The summed E-state index contributed by atoms with van der Waals surface area (Å²) in [5.41, 5.74) is 0.499. The van der Waals surface area contributed by atoms with Gasteiger partial charge in [-0.05, 0) is 43.2 Å². The highest BCUT2D eigenvalue weighted by atomic mass is 35.5. The normalized spacial score (nSPS) is 16.2. The van der Waals surface area contributed by atoms with E-state index in [1.165, 1.54) is 0 Å². The lowest BCUT2D eigenvalue weighted by Crippen LogP contribution is -2.35. The van der Waals surface area contributed by atoms with Gasteiger partial charge < -0.3 is 10.0 Å². The average molecular weight is 300 g/mol. The van der Waals surface area contributed by atoms with Gasteiger partial charge in [-0.2, -0.15) is 0 Å². The second kappa shape index (κ2) is 6.16. The van der Waals surface area contributed by atoms with E-state index in [1.807, 2.05) is 12.3 Å². The molecule has 1 unspecified atom stereocenters. The van der Waals surface area contributed by atoms with E-state index in [2.05, 4.69) is 0 Å². The Labute approximate surface area is 122 Å². The first kappa shape index (κ1) is 14.7. The zero-order chi connectivity index (χ0) is 14.0. The molecule has 0 bridgehead atoms. The van der Waals surface area contributed by atoms with Gasteiger partial charge in [-0.25, -0.2) is 0 Å². The van der Waals surface area contributed by atoms with Crippen molar-refractivity contribution in [2.24, 2.45) is 5.92 Å². The first-order valence-corrected chi connectivity index (χ1v) is 7.90. The number of carbonyl (C=O) groups is 1. The molecule has 104 valence electrons. The molecule has 1 N–H and O–H groups in total. The standard InChI is InChI=1S/C14H18ClNO2S/c1-16(8-13(17)9-3-4-9)14(18)11-7-10(19-2)5-6-12(11)15/h5-7,9,13,17H,3-4,8H2,1-2H3. The van der Waals surface area contributed by atoms with Crippen LogP contribution in [0, 0.1) is 5.92 Å². The van der Waals surface area contributed by atoms with Gasteiger partial charge in [0.1, 0.15) is 0 Å². The number of likely N-dealkylation sites (N-methyl/N-ethyl adjacent to an activating group) is 1. The Bertz CT molecular complexity index is 477. The summed E-state index contributed by atoms with van der Waals surface area (Å²) < 4.78 is 0. The number of aliphatic hydroxyl groups is 1. The fourth-order valence-corrected chi connectivity index (χ4v) is 2.63. The van der Waals surface area contributed by atoms with Crippen molar-refractivity contribution >= 4 is 29.3 Å². The van der Waals surface area contributed by atoms with Crippen molar-refractivity contribution in [1.29, 1.82) is 0 Å². The molecule has 19 heavy (non-hydrogen) atoms. The largest absolute Gasteiger partial charge is 0.391 e. The molecule has 0 spiro atoms. The Kier molecular flexibility index (Phi) is 4.76. The van der Waals surface area contributed by atoms with Crippen molar-refractivity contribution in [3.63, 3.8) is 0 Å². The minimum absolute atomic E-state index is 0.138. The molecule has 1 aliphatic rings. The fourth-order valence-electron chi connectivity index (χ4n) is 1.99. The topological polar surface area (TPSA) is 40.5 Å². The zero-order valence-corrected chi connectivity index (χ0v) is 12.7. The van der Waals surface area contributed by atoms with Gasteiger partial charge in [-0.15, -0.1) is 11.8 Å². The molecule has 1 amide bonds. The molecule has 0 aromatic heterocycles. The van der Waals surface area contributed by atoms with Crippen LogP contribution >= 0.6 is 23.4 Å². The quantitative estimate of drug-likeness (QED) is 0.850. The predicted octanol–water partition coefficient (Wildman–Crippen LogP) is 2.90. The van der Waals surface area contributed by atoms with Crippen LogP contribution in [0.15, 0.2) is 23.1 Å². The maximum absolute atomic E-state index is 12.3. The molecule has 5 heteroatoms. The van der Waals surface area contributed by atoms with E-state index in [-0.39, 0.29) is 5.91 Å². The van der Waals surface area contributed by atoms with Crippen LogP contribution in [-0.4, -0.2) is 41.9 Å². The molecular weight excluding hydrogens is 282 g/mol. The SMILES string of the molecule is CSc1ccc(Cl)c(C(=O)N(C)CC(O)C2CC2)c1. The maximum atomic E-state index is 12.3. The van der Waals surface area contributed by atoms with Crippen molar-refractivity contribution in [1.82, 2.24) is 4.90 Å². The highest BCUT2D eigenvalue weighted by Gasteiger charge is 2.31. The third-order valence-corrected chi connectivity index (χ3v) is 4.43.